The largest absolute Gasteiger partial charge is 0.464 e. The Hall–Kier alpha value is -1.65. The Morgan fingerprint density at radius 1 is 1.24 bits per heavy atom. The minimum absolute atomic E-state index is 0.00563. The van der Waals surface area contributed by atoms with Crippen molar-refractivity contribution in [1.82, 2.24) is 0 Å². The summed E-state index contributed by atoms with van der Waals surface area (Å²) in [6, 6.07) is 10.7. The monoisotopic (exact) mass is 322 g/mol. The Balaban J connectivity index is 2.08. The molecule has 1 atom stereocenters. The summed E-state index contributed by atoms with van der Waals surface area (Å²) in [4.78, 5) is 24.6. The van der Waals surface area contributed by atoms with Gasteiger partial charge in [-0.3, -0.25) is 9.59 Å². The highest BCUT2D eigenvalue weighted by molar-refractivity contribution is 7.12. The van der Waals surface area contributed by atoms with Crippen LogP contribution in [0.1, 0.15) is 33.6 Å². The van der Waals surface area contributed by atoms with Crippen molar-refractivity contribution < 1.29 is 14.3 Å². The molecule has 0 aliphatic carbocycles. The number of alkyl halides is 1. The van der Waals surface area contributed by atoms with Crippen molar-refractivity contribution in [3.63, 3.8) is 0 Å². The van der Waals surface area contributed by atoms with Gasteiger partial charge in [-0.2, -0.15) is 0 Å². The first-order chi connectivity index (χ1) is 10.1. The standard InChI is InChI=1S/C16H15ClO3S/c1-11(16(19)20-9-8-17)12-4-6-13(7-5-12)15(18)14-3-2-10-21-14/h2-7,10-11H,8-9H2,1H3. The van der Waals surface area contributed by atoms with E-state index in [1.807, 2.05) is 11.4 Å². The summed E-state index contributed by atoms with van der Waals surface area (Å²) in [5, 5.41) is 1.87. The summed E-state index contributed by atoms with van der Waals surface area (Å²) in [6.07, 6.45) is 0. The molecule has 110 valence electrons. The summed E-state index contributed by atoms with van der Waals surface area (Å²) < 4.78 is 5.01. The van der Waals surface area contributed by atoms with Gasteiger partial charge in [0.2, 0.25) is 5.78 Å². The average molecular weight is 323 g/mol. The van der Waals surface area contributed by atoms with Crippen LogP contribution in [0.5, 0.6) is 0 Å². The summed E-state index contributed by atoms with van der Waals surface area (Å²) in [5.74, 6) is -0.409. The second-order valence-electron chi connectivity index (χ2n) is 4.51. The molecule has 21 heavy (non-hydrogen) atoms. The van der Waals surface area contributed by atoms with Gasteiger partial charge in [-0.25, -0.2) is 0 Å². The van der Waals surface area contributed by atoms with Gasteiger partial charge in [0.25, 0.3) is 0 Å². The van der Waals surface area contributed by atoms with Gasteiger partial charge in [-0.05, 0) is 23.9 Å². The molecule has 0 spiro atoms. The predicted molar refractivity (Wildman–Crippen MR) is 84.3 cm³/mol. The maximum absolute atomic E-state index is 12.2. The van der Waals surface area contributed by atoms with Gasteiger partial charge < -0.3 is 4.74 Å². The fourth-order valence-corrected chi connectivity index (χ4v) is 2.64. The van der Waals surface area contributed by atoms with Gasteiger partial charge in [0, 0.05) is 5.56 Å². The molecule has 0 N–H and O–H groups in total. The Kier molecular flexibility index (Phi) is 5.53. The van der Waals surface area contributed by atoms with E-state index in [-0.39, 0.29) is 30.2 Å². The number of hydrogen-bond donors (Lipinski definition) is 0. The molecule has 2 rings (SSSR count). The van der Waals surface area contributed by atoms with E-state index in [1.165, 1.54) is 11.3 Å². The molecule has 0 aliphatic rings. The molecular formula is C16H15ClO3S. The number of thiophene rings is 1. The van der Waals surface area contributed by atoms with Gasteiger partial charge in [0.1, 0.15) is 6.61 Å². The fourth-order valence-electron chi connectivity index (χ4n) is 1.87. The third-order valence-electron chi connectivity index (χ3n) is 3.09. The zero-order chi connectivity index (χ0) is 15.2. The number of ether oxygens (including phenoxy) is 1. The van der Waals surface area contributed by atoms with Crippen LogP contribution in [0.3, 0.4) is 0 Å². The molecule has 1 aromatic heterocycles. The molecule has 3 nitrogen and oxygen atoms in total. The normalized spacial score (nSPS) is 11.9. The summed E-state index contributed by atoms with van der Waals surface area (Å²) in [5.41, 5.74) is 1.43. The van der Waals surface area contributed by atoms with Crippen molar-refractivity contribution in [2.24, 2.45) is 0 Å². The fraction of sp³-hybridized carbons (Fsp3) is 0.250. The van der Waals surface area contributed by atoms with Crippen LogP contribution in [0.4, 0.5) is 0 Å². The zero-order valence-electron chi connectivity index (χ0n) is 11.5. The van der Waals surface area contributed by atoms with Crippen molar-refractivity contribution in [3.05, 3.63) is 57.8 Å². The van der Waals surface area contributed by atoms with Crippen LogP contribution in [0.2, 0.25) is 0 Å². The van der Waals surface area contributed by atoms with Gasteiger partial charge in [-0.15, -0.1) is 22.9 Å². The van der Waals surface area contributed by atoms with E-state index < -0.39 is 0 Å². The van der Waals surface area contributed by atoms with Gasteiger partial charge in [0.05, 0.1) is 16.7 Å². The highest BCUT2D eigenvalue weighted by atomic mass is 35.5. The van der Waals surface area contributed by atoms with E-state index in [1.54, 1.807) is 37.3 Å². The van der Waals surface area contributed by atoms with Crippen LogP contribution in [0, 0.1) is 0 Å². The molecule has 1 heterocycles. The molecule has 1 aromatic carbocycles. The van der Waals surface area contributed by atoms with Gasteiger partial charge in [0.15, 0.2) is 0 Å². The van der Waals surface area contributed by atoms with Crippen LogP contribution in [0.25, 0.3) is 0 Å². The lowest BCUT2D eigenvalue weighted by atomic mass is 9.98. The first-order valence-electron chi connectivity index (χ1n) is 6.54. The maximum atomic E-state index is 12.2. The molecule has 0 aliphatic heterocycles. The highest BCUT2D eigenvalue weighted by Crippen LogP contribution is 2.20. The van der Waals surface area contributed by atoms with E-state index in [4.69, 9.17) is 16.3 Å². The Morgan fingerprint density at radius 2 is 1.95 bits per heavy atom. The number of hydrogen-bond acceptors (Lipinski definition) is 4. The van der Waals surface area contributed by atoms with Crippen LogP contribution < -0.4 is 0 Å². The molecule has 0 radical (unpaired) electrons. The van der Waals surface area contributed by atoms with Gasteiger partial charge >= 0.3 is 5.97 Å². The van der Waals surface area contributed by atoms with E-state index >= 15 is 0 Å². The van der Waals surface area contributed by atoms with Crippen molar-refractivity contribution in [3.8, 4) is 0 Å². The zero-order valence-corrected chi connectivity index (χ0v) is 13.1. The number of benzene rings is 1. The number of carbonyl (C=O) groups is 2. The average Bonchev–Trinajstić information content (AvgIpc) is 3.05. The van der Waals surface area contributed by atoms with E-state index in [9.17, 15) is 9.59 Å². The highest BCUT2D eigenvalue weighted by Gasteiger charge is 2.17. The van der Waals surface area contributed by atoms with Crippen molar-refractivity contribution in [2.75, 3.05) is 12.5 Å². The first-order valence-corrected chi connectivity index (χ1v) is 7.95. The third kappa shape index (κ3) is 3.93. The lowest BCUT2D eigenvalue weighted by molar-refractivity contribution is -0.144. The molecular weight excluding hydrogens is 308 g/mol. The Bertz CT molecular complexity index is 605. The van der Waals surface area contributed by atoms with Crippen molar-refractivity contribution in [1.29, 1.82) is 0 Å². The number of ketones is 1. The Labute approximate surface area is 132 Å². The molecule has 1 unspecified atom stereocenters. The first kappa shape index (κ1) is 15.7. The minimum atomic E-state index is -0.376. The number of halogens is 1. The second-order valence-corrected chi connectivity index (χ2v) is 5.83. The van der Waals surface area contributed by atoms with Crippen LogP contribution in [-0.4, -0.2) is 24.2 Å². The third-order valence-corrected chi connectivity index (χ3v) is 4.12. The lowest BCUT2D eigenvalue weighted by Gasteiger charge is -2.11. The molecule has 2 aromatic rings. The molecule has 0 fully saturated rings. The summed E-state index contributed by atoms with van der Waals surface area (Å²) in [7, 11) is 0. The van der Waals surface area contributed by atoms with E-state index in [2.05, 4.69) is 0 Å². The van der Waals surface area contributed by atoms with Crippen molar-refractivity contribution >= 4 is 34.7 Å². The van der Waals surface area contributed by atoms with Gasteiger partial charge in [-0.1, -0.05) is 30.3 Å². The molecule has 0 saturated heterocycles. The van der Waals surface area contributed by atoms with E-state index in [0.717, 1.165) is 5.56 Å². The molecule has 5 heteroatoms. The lowest BCUT2D eigenvalue weighted by Crippen LogP contribution is -2.14. The molecule has 0 saturated carbocycles. The molecule has 0 amide bonds. The van der Waals surface area contributed by atoms with Crippen molar-refractivity contribution in [2.45, 2.75) is 12.8 Å². The second kappa shape index (κ2) is 7.38. The van der Waals surface area contributed by atoms with E-state index in [0.29, 0.717) is 10.4 Å². The van der Waals surface area contributed by atoms with Crippen LogP contribution in [-0.2, 0) is 9.53 Å². The molecule has 0 bridgehead atoms. The maximum Gasteiger partial charge on any atom is 0.313 e. The number of rotatable bonds is 6. The van der Waals surface area contributed by atoms with Crippen LogP contribution in [0.15, 0.2) is 41.8 Å². The van der Waals surface area contributed by atoms with Crippen LogP contribution >= 0.6 is 22.9 Å². The predicted octanol–water partition coefficient (Wildman–Crippen LogP) is 3.86. The number of esters is 1. The number of carbonyl (C=O) groups excluding carboxylic acids is 2. The Morgan fingerprint density at radius 3 is 2.52 bits per heavy atom. The summed E-state index contributed by atoms with van der Waals surface area (Å²) >= 11 is 6.90. The SMILES string of the molecule is CC(C(=O)OCCCl)c1ccc(C(=O)c2cccs2)cc1. The summed E-state index contributed by atoms with van der Waals surface area (Å²) in [6.45, 7) is 1.98. The quantitative estimate of drug-likeness (QED) is 0.461. The smallest absolute Gasteiger partial charge is 0.313 e. The minimum Gasteiger partial charge on any atom is -0.464 e. The topological polar surface area (TPSA) is 43.4 Å².